The quantitative estimate of drug-likeness (QED) is 0.457. The van der Waals surface area contributed by atoms with Crippen LogP contribution in [0.1, 0.15) is 0 Å². The normalized spacial score (nSPS) is 10.7. The molecule has 0 fully saturated rings. The van der Waals surface area contributed by atoms with Gasteiger partial charge >= 0.3 is 0 Å². The summed E-state index contributed by atoms with van der Waals surface area (Å²) < 4.78 is 3.97. The van der Waals surface area contributed by atoms with Crippen molar-refractivity contribution in [3.8, 4) is 0 Å². The van der Waals surface area contributed by atoms with E-state index < -0.39 is 0 Å². The molecule has 0 N–H and O–H groups in total. The monoisotopic (exact) mass is 506 g/mol. The van der Waals surface area contributed by atoms with Gasteiger partial charge in [-0.25, -0.2) is 0 Å². The first-order valence-corrected chi connectivity index (χ1v) is 6.95. The van der Waals surface area contributed by atoms with Gasteiger partial charge in [0.05, 0.1) is 0 Å². The highest BCUT2D eigenvalue weighted by molar-refractivity contribution is 14.1. The van der Waals surface area contributed by atoms with Crippen LogP contribution in [-0.2, 0) is 0 Å². The highest BCUT2D eigenvalue weighted by Gasteiger charge is 2.02. The van der Waals surface area contributed by atoms with Gasteiger partial charge in [-0.05, 0) is 96.7 Å². The Hall–Kier alpha value is 0.890. The third-order valence-corrected chi connectivity index (χ3v) is 5.63. The molecule has 0 nitrogen and oxygen atoms in total. The summed E-state index contributed by atoms with van der Waals surface area (Å²) in [6, 6.07) is 10.9. The molecular formula is C10H5I3. The van der Waals surface area contributed by atoms with Crippen LogP contribution < -0.4 is 0 Å². The van der Waals surface area contributed by atoms with Gasteiger partial charge in [0.15, 0.2) is 0 Å². The van der Waals surface area contributed by atoms with E-state index in [9.17, 15) is 0 Å². The molecular weight excluding hydrogens is 501 g/mol. The SMILES string of the molecule is Ic1ccc2c(I)c(I)ccc2c1. The summed E-state index contributed by atoms with van der Waals surface area (Å²) in [5.74, 6) is 0. The maximum Gasteiger partial charge on any atom is 0.0342 e. The van der Waals surface area contributed by atoms with Crippen LogP contribution in [0.4, 0.5) is 0 Å². The zero-order valence-corrected chi connectivity index (χ0v) is 13.0. The molecule has 0 bridgehead atoms. The number of fused-ring (bicyclic) bond motifs is 1. The van der Waals surface area contributed by atoms with Gasteiger partial charge in [-0.3, -0.25) is 0 Å². The van der Waals surface area contributed by atoms with Crippen molar-refractivity contribution in [3.05, 3.63) is 41.0 Å². The van der Waals surface area contributed by atoms with Crippen LogP contribution >= 0.6 is 67.8 Å². The van der Waals surface area contributed by atoms with Crippen molar-refractivity contribution in [2.45, 2.75) is 0 Å². The Balaban J connectivity index is 2.87. The zero-order chi connectivity index (χ0) is 9.42. The second kappa shape index (κ2) is 4.18. The number of benzene rings is 2. The Morgan fingerprint density at radius 3 is 2.38 bits per heavy atom. The van der Waals surface area contributed by atoms with Gasteiger partial charge in [0.1, 0.15) is 0 Å². The zero-order valence-electron chi connectivity index (χ0n) is 6.52. The molecule has 2 aromatic carbocycles. The molecule has 0 amide bonds. The molecule has 0 saturated carbocycles. The Kier molecular flexibility index (Phi) is 3.34. The van der Waals surface area contributed by atoms with E-state index in [1.54, 1.807) is 0 Å². The predicted molar refractivity (Wildman–Crippen MR) is 82.1 cm³/mol. The Labute approximate surface area is 118 Å². The van der Waals surface area contributed by atoms with E-state index in [1.807, 2.05) is 0 Å². The molecule has 0 aliphatic carbocycles. The second-order valence-electron chi connectivity index (χ2n) is 2.73. The molecule has 0 heterocycles. The van der Waals surface area contributed by atoms with Crippen LogP contribution in [0.2, 0.25) is 0 Å². The van der Waals surface area contributed by atoms with Crippen molar-refractivity contribution in [1.82, 2.24) is 0 Å². The van der Waals surface area contributed by atoms with E-state index in [2.05, 4.69) is 98.1 Å². The number of halogens is 3. The Morgan fingerprint density at radius 1 is 0.846 bits per heavy atom. The van der Waals surface area contributed by atoms with Gasteiger partial charge in [0.2, 0.25) is 0 Å². The van der Waals surface area contributed by atoms with Gasteiger partial charge < -0.3 is 0 Å². The standard InChI is InChI=1S/C10H5I3/c11-7-2-3-8-6(5-7)1-4-9(12)10(8)13/h1-5H. The molecule has 2 rings (SSSR count). The van der Waals surface area contributed by atoms with Gasteiger partial charge in [-0.15, -0.1) is 0 Å². The Morgan fingerprint density at radius 2 is 1.62 bits per heavy atom. The van der Waals surface area contributed by atoms with Gasteiger partial charge in [-0.2, -0.15) is 0 Å². The van der Waals surface area contributed by atoms with Crippen LogP contribution in [0.3, 0.4) is 0 Å². The minimum absolute atomic E-state index is 1.29. The van der Waals surface area contributed by atoms with Crippen LogP contribution in [0.5, 0.6) is 0 Å². The van der Waals surface area contributed by atoms with E-state index >= 15 is 0 Å². The molecule has 66 valence electrons. The van der Waals surface area contributed by atoms with Gasteiger partial charge in [0, 0.05) is 10.7 Å². The highest BCUT2D eigenvalue weighted by atomic mass is 127. The lowest BCUT2D eigenvalue weighted by atomic mass is 10.1. The average Bonchev–Trinajstić information content (AvgIpc) is 2.12. The van der Waals surface area contributed by atoms with E-state index in [1.165, 1.54) is 21.5 Å². The number of hydrogen-bond donors (Lipinski definition) is 0. The van der Waals surface area contributed by atoms with E-state index in [-0.39, 0.29) is 0 Å². The molecule has 0 aromatic heterocycles. The maximum absolute atomic E-state index is 2.40. The third kappa shape index (κ3) is 2.11. The lowest BCUT2D eigenvalue weighted by Crippen LogP contribution is -1.83. The average molecular weight is 506 g/mol. The van der Waals surface area contributed by atoms with Crippen LogP contribution in [-0.4, -0.2) is 0 Å². The molecule has 0 atom stereocenters. The van der Waals surface area contributed by atoms with Crippen LogP contribution in [0.25, 0.3) is 10.8 Å². The first-order valence-electron chi connectivity index (χ1n) is 3.72. The van der Waals surface area contributed by atoms with Crippen molar-refractivity contribution in [1.29, 1.82) is 0 Å². The summed E-state index contributed by atoms with van der Waals surface area (Å²) >= 11 is 7.12. The molecule has 0 aliphatic rings. The van der Waals surface area contributed by atoms with Crippen molar-refractivity contribution in [3.63, 3.8) is 0 Å². The maximum atomic E-state index is 2.40. The second-order valence-corrected chi connectivity index (χ2v) is 6.21. The molecule has 0 aliphatic heterocycles. The third-order valence-electron chi connectivity index (χ3n) is 1.87. The molecule has 2 aromatic rings. The summed E-state index contributed by atoms with van der Waals surface area (Å²) in [4.78, 5) is 0. The molecule has 0 spiro atoms. The fraction of sp³-hybridized carbons (Fsp3) is 0. The van der Waals surface area contributed by atoms with Crippen molar-refractivity contribution < 1.29 is 0 Å². The lowest BCUT2D eigenvalue weighted by molar-refractivity contribution is 1.62. The Bertz CT molecular complexity index is 463. The summed E-state index contributed by atoms with van der Waals surface area (Å²) in [6.07, 6.45) is 0. The van der Waals surface area contributed by atoms with E-state index in [4.69, 9.17) is 0 Å². The van der Waals surface area contributed by atoms with Gasteiger partial charge in [-0.1, -0.05) is 12.1 Å². The smallest absolute Gasteiger partial charge is 0.0342 e. The van der Waals surface area contributed by atoms with Crippen LogP contribution in [0, 0.1) is 10.7 Å². The fourth-order valence-electron chi connectivity index (χ4n) is 1.24. The fourth-order valence-corrected chi connectivity index (χ4v) is 2.89. The summed E-state index contributed by atoms with van der Waals surface area (Å²) in [7, 11) is 0. The topological polar surface area (TPSA) is 0 Å². The van der Waals surface area contributed by atoms with Crippen molar-refractivity contribution in [2.24, 2.45) is 0 Å². The van der Waals surface area contributed by atoms with E-state index in [0.29, 0.717) is 0 Å². The number of hydrogen-bond acceptors (Lipinski definition) is 0. The van der Waals surface area contributed by atoms with Crippen molar-refractivity contribution in [2.75, 3.05) is 0 Å². The molecule has 0 radical (unpaired) electrons. The molecule has 0 saturated heterocycles. The molecule has 13 heavy (non-hydrogen) atoms. The largest absolute Gasteiger partial charge is 0.0532 e. The van der Waals surface area contributed by atoms with Crippen molar-refractivity contribution >= 4 is 78.5 Å². The first kappa shape index (κ1) is 10.4. The first-order chi connectivity index (χ1) is 6.18. The molecule has 0 unspecified atom stereocenters. The predicted octanol–water partition coefficient (Wildman–Crippen LogP) is 4.65. The lowest BCUT2D eigenvalue weighted by Gasteiger charge is -2.03. The van der Waals surface area contributed by atoms with Crippen LogP contribution in [0.15, 0.2) is 30.3 Å². The summed E-state index contributed by atoms with van der Waals surface area (Å²) in [5.41, 5.74) is 0. The summed E-state index contributed by atoms with van der Waals surface area (Å²) in [5, 5.41) is 2.68. The molecule has 3 heteroatoms. The van der Waals surface area contributed by atoms with Gasteiger partial charge in [0.25, 0.3) is 0 Å². The number of rotatable bonds is 0. The minimum Gasteiger partial charge on any atom is -0.0532 e. The highest BCUT2D eigenvalue weighted by Crippen LogP contribution is 2.26. The minimum atomic E-state index is 1.29. The van der Waals surface area contributed by atoms with E-state index in [0.717, 1.165) is 0 Å². The summed E-state index contributed by atoms with van der Waals surface area (Å²) in [6.45, 7) is 0.